The van der Waals surface area contributed by atoms with Crippen molar-refractivity contribution in [1.82, 2.24) is 15.5 Å². The third kappa shape index (κ3) is 4.65. The first kappa shape index (κ1) is 18.5. The zero-order valence-electron chi connectivity index (χ0n) is 14.4. The average molecular weight is 388 g/mol. The molecule has 0 saturated heterocycles. The minimum Gasteiger partial charge on any atom is -0.411 e. The number of hydrogen-bond donors (Lipinski definition) is 1. The molecule has 0 fully saturated rings. The van der Waals surface area contributed by atoms with Gasteiger partial charge in [-0.3, -0.25) is 4.79 Å². The highest BCUT2D eigenvalue weighted by atomic mass is 35.5. The summed E-state index contributed by atoms with van der Waals surface area (Å²) < 4.78 is 5.61. The van der Waals surface area contributed by atoms with Crippen LogP contribution in [0.2, 0.25) is 5.02 Å². The molecule has 5 nitrogen and oxygen atoms in total. The standard InChI is InChI=1S/C19H18ClN3O2S/c1-12-7-9-14(10-8-12)18-22-23-19(25-18)26-11-17(24)21-13(2)15-5-3-4-6-16(15)20/h3-10,13H,11H2,1-2H3,(H,21,24)/t13-/m0/s1. The quantitative estimate of drug-likeness (QED) is 0.622. The van der Waals surface area contributed by atoms with E-state index in [1.54, 1.807) is 6.07 Å². The highest BCUT2D eigenvalue weighted by Crippen LogP contribution is 2.24. The highest BCUT2D eigenvalue weighted by molar-refractivity contribution is 7.99. The molecule has 0 aliphatic carbocycles. The molecule has 0 bridgehead atoms. The lowest BCUT2D eigenvalue weighted by atomic mass is 10.1. The fourth-order valence-corrected chi connectivity index (χ4v) is 3.27. The second-order valence-corrected chi connectivity index (χ2v) is 7.17. The maximum absolute atomic E-state index is 12.2. The van der Waals surface area contributed by atoms with Gasteiger partial charge in [0.05, 0.1) is 11.8 Å². The summed E-state index contributed by atoms with van der Waals surface area (Å²) in [6.07, 6.45) is 0. The number of aromatic nitrogens is 2. The van der Waals surface area contributed by atoms with Gasteiger partial charge in [-0.2, -0.15) is 0 Å². The van der Waals surface area contributed by atoms with Crippen LogP contribution in [0, 0.1) is 6.92 Å². The molecule has 1 heterocycles. The van der Waals surface area contributed by atoms with Gasteiger partial charge in [0.15, 0.2) is 0 Å². The van der Waals surface area contributed by atoms with Gasteiger partial charge in [-0.1, -0.05) is 59.3 Å². The molecule has 1 amide bonds. The van der Waals surface area contributed by atoms with Crippen molar-refractivity contribution < 1.29 is 9.21 Å². The van der Waals surface area contributed by atoms with Crippen molar-refractivity contribution in [3.05, 3.63) is 64.7 Å². The van der Waals surface area contributed by atoms with Gasteiger partial charge in [0.2, 0.25) is 11.8 Å². The van der Waals surface area contributed by atoms with Gasteiger partial charge in [0.1, 0.15) is 0 Å². The second kappa shape index (κ2) is 8.38. The molecule has 26 heavy (non-hydrogen) atoms. The number of thioether (sulfide) groups is 1. The number of nitrogens with zero attached hydrogens (tertiary/aromatic N) is 2. The summed E-state index contributed by atoms with van der Waals surface area (Å²) in [7, 11) is 0. The number of benzene rings is 2. The lowest BCUT2D eigenvalue weighted by Gasteiger charge is -2.15. The normalized spacial score (nSPS) is 12.0. The first-order valence-corrected chi connectivity index (χ1v) is 9.46. The summed E-state index contributed by atoms with van der Waals surface area (Å²) in [6.45, 7) is 3.91. The van der Waals surface area contributed by atoms with Gasteiger partial charge in [-0.15, -0.1) is 10.2 Å². The van der Waals surface area contributed by atoms with Crippen LogP contribution >= 0.6 is 23.4 Å². The Bertz CT molecular complexity index is 896. The van der Waals surface area contributed by atoms with Crippen LogP contribution < -0.4 is 5.32 Å². The summed E-state index contributed by atoms with van der Waals surface area (Å²) in [6, 6.07) is 15.1. The maximum Gasteiger partial charge on any atom is 0.277 e. The first-order valence-electron chi connectivity index (χ1n) is 8.10. The van der Waals surface area contributed by atoms with Gasteiger partial charge in [-0.05, 0) is 37.6 Å². The van der Waals surface area contributed by atoms with Gasteiger partial charge >= 0.3 is 0 Å². The van der Waals surface area contributed by atoms with Crippen molar-refractivity contribution in [2.75, 3.05) is 5.75 Å². The molecule has 0 saturated carbocycles. The van der Waals surface area contributed by atoms with Crippen LogP contribution in [0.25, 0.3) is 11.5 Å². The molecule has 3 aromatic rings. The fraction of sp³-hybridized carbons (Fsp3) is 0.211. The molecule has 2 aromatic carbocycles. The van der Waals surface area contributed by atoms with Crippen molar-refractivity contribution in [3.8, 4) is 11.5 Å². The lowest BCUT2D eigenvalue weighted by Crippen LogP contribution is -2.28. The maximum atomic E-state index is 12.2. The van der Waals surface area contributed by atoms with E-state index in [4.69, 9.17) is 16.0 Å². The number of hydrogen-bond acceptors (Lipinski definition) is 5. The van der Waals surface area contributed by atoms with Crippen molar-refractivity contribution in [2.45, 2.75) is 25.1 Å². The number of carbonyl (C=O) groups excluding carboxylic acids is 1. The molecular formula is C19H18ClN3O2S. The Morgan fingerprint density at radius 2 is 1.92 bits per heavy atom. The fourth-order valence-electron chi connectivity index (χ4n) is 2.40. The summed E-state index contributed by atoms with van der Waals surface area (Å²) >= 11 is 7.36. The van der Waals surface area contributed by atoms with Crippen LogP contribution in [0.1, 0.15) is 24.1 Å². The summed E-state index contributed by atoms with van der Waals surface area (Å²) in [5.74, 6) is 0.500. The van der Waals surface area contributed by atoms with E-state index in [0.29, 0.717) is 16.1 Å². The molecule has 1 N–H and O–H groups in total. The predicted molar refractivity (Wildman–Crippen MR) is 103 cm³/mol. The third-order valence-electron chi connectivity index (χ3n) is 3.78. The van der Waals surface area contributed by atoms with Gasteiger partial charge in [-0.25, -0.2) is 0 Å². The van der Waals surface area contributed by atoms with Gasteiger partial charge in [0.25, 0.3) is 5.22 Å². The summed E-state index contributed by atoms with van der Waals surface area (Å²) in [4.78, 5) is 12.2. The van der Waals surface area contributed by atoms with E-state index in [2.05, 4.69) is 15.5 Å². The number of rotatable bonds is 6. The second-order valence-electron chi connectivity index (χ2n) is 5.84. The van der Waals surface area contributed by atoms with Crippen molar-refractivity contribution >= 4 is 29.3 Å². The van der Waals surface area contributed by atoms with Crippen LogP contribution in [0.3, 0.4) is 0 Å². The number of aryl methyl sites for hydroxylation is 1. The monoisotopic (exact) mass is 387 g/mol. The highest BCUT2D eigenvalue weighted by Gasteiger charge is 2.14. The van der Waals surface area contributed by atoms with Crippen LogP contribution in [-0.2, 0) is 4.79 Å². The Kier molecular flexibility index (Phi) is 5.96. The van der Waals surface area contributed by atoms with E-state index in [9.17, 15) is 4.79 Å². The molecule has 0 spiro atoms. The first-order chi connectivity index (χ1) is 12.5. The molecule has 1 aromatic heterocycles. The Hall–Kier alpha value is -2.31. The molecule has 0 aliphatic rings. The van der Waals surface area contributed by atoms with E-state index in [1.807, 2.05) is 56.3 Å². The zero-order valence-corrected chi connectivity index (χ0v) is 16.0. The van der Waals surface area contributed by atoms with Crippen LogP contribution in [0.5, 0.6) is 0 Å². The molecule has 1 atom stereocenters. The van der Waals surface area contributed by atoms with Crippen LogP contribution in [0.4, 0.5) is 0 Å². The smallest absolute Gasteiger partial charge is 0.277 e. The van der Waals surface area contributed by atoms with Gasteiger partial charge in [0, 0.05) is 10.6 Å². The zero-order chi connectivity index (χ0) is 18.5. The topological polar surface area (TPSA) is 68.0 Å². The SMILES string of the molecule is Cc1ccc(-c2nnc(SCC(=O)N[C@@H](C)c3ccccc3Cl)o2)cc1. The predicted octanol–water partition coefficient (Wildman–Crippen LogP) is 4.67. The van der Waals surface area contributed by atoms with Crippen molar-refractivity contribution in [3.63, 3.8) is 0 Å². The Morgan fingerprint density at radius 1 is 1.19 bits per heavy atom. The molecule has 0 unspecified atom stereocenters. The minimum atomic E-state index is -0.178. The largest absolute Gasteiger partial charge is 0.411 e. The molecule has 7 heteroatoms. The molecular weight excluding hydrogens is 370 g/mol. The minimum absolute atomic E-state index is 0.127. The molecule has 3 rings (SSSR count). The Morgan fingerprint density at radius 3 is 2.65 bits per heavy atom. The van der Waals surface area contributed by atoms with Crippen LogP contribution in [0.15, 0.2) is 58.2 Å². The van der Waals surface area contributed by atoms with Crippen molar-refractivity contribution in [2.24, 2.45) is 0 Å². The van der Waals surface area contributed by atoms with Crippen LogP contribution in [-0.4, -0.2) is 21.9 Å². The summed E-state index contributed by atoms with van der Waals surface area (Å²) in [5, 5.41) is 11.9. The Balaban J connectivity index is 1.55. The third-order valence-corrected chi connectivity index (χ3v) is 4.94. The van der Waals surface area contributed by atoms with Crippen molar-refractivity contribution in [1.29, 1.82) is 0 Å². The molecule has 0 radical (unpaired) electrons. The molecule has 0 aliphatic heterocycles. The van der Waals surface area contributed by atoms with E-state index >= 15 is 0 Å². The number of nitrogens with one attached hydrogen (secondary N) is 1. The van der Waals surface area contributed by atoms with E-state index < -0.39 is 0 Å². The molecule has 134 valence electrons. The van der Waals surface area contributed by atoms with E-state index in [1.165, 1.54) is 11.8 Å². The average Bonchev–Trinajstić information content (AvgIpc) is 3.10. The van der Waals surface area contributed by atoms with E-state index in [-0.39, 0.29) is 17.7 Å². The Labute approximate surface area is 161 Å². The van der Waals surface area contributed by atoms with Gasteiger partial charge < -0.3 is 9.73 Å². The number of carbonyl (C=O) groups is 1. The lowest BCUT2D eigenvalue weighted by molar-refractivity contribution is -0.119. The number of amides is 1. The summed E-state index contributed by atoms with van der Waals surface area (Å²) in [5.41, 5.74) is 2.89. The number of halogens is 1. The van der Waals surface area contributed by atoms with E-state index in [0.717, 1.165) is 16.7 Å².